The zero-order chi connectivity index (χ0) is 19.2. The van der Waals surface area contributed by atoms with E-state index in [2.05, 4.69) is 40.7 Å². The average Bonchev–Trinajstić information content (AvgIpc) is 2.63. The summed E-state index contributed by atoms with van der Waals surface area (Å²) in [6, 6.07) is 5.59. The molecule has 1 aromatic carbocycles. The number of benzene rings is 1. The van der Waals surface area contributed by atoms with Gasteiger partial charge in [0, 0.05) is 0 Å². The molecule has 2 N–H and O–H groups in total. The number of rotatable bonds is 6. The molecule has 1 aromatic rings. The molecule has 0 saturated carbocycles. The number of allylic oxidation sites excluding steroid dienone is 6. The highest BCUT2D eigenvalue weighted by Crippen LogP contribution is 2.27. The molecule has 0 radical (unpaired) electrons. The highest BCUT2D eigenvalue weighted by molar-refractivity contribution is 6.33. The van der Waals surface area contributed by atoms with E-state index in [1.54, 1.807) is 6.07 Å². The maximum absolute atomic E-state index is 11.1. The van der Waals surface area contributed by atoms with E-state index in [1.165, 1.54) is 7.11 Å². The van der Waals surface area contributed by atoms with Gasteiger partial charge in [-0.15, -0.1) is 0 Å². The first-order valence-corrected chi connectivity index (χ1v) is 8.76. The Morgan fingerprint density at radius 1 is 1.24 bits per heavy atom. The number of carbonyl (C=O) groups excluding carboxylic acids is 1. The summed E-state index contributed by atoms with van der Waals surface area (Å²) in [5.41, 5.74) is 7.81. The smallest absolute Gasteiger partial charge is 0.425 e. The van der Waals surface area contributed by atoms with Gasteiger partial charge in [-0.05, 0) is 43.0 Å². The number of halogens is 1. The summed E-state index contributed by atoms with van der Waals surface area (Å²) in [5, 5.41) is 0.506. The molecule has 0 aliphatic heterocycles. The molecule has 25 heavy (non-hydrogen) atoms. The number of hydrogen-bond acceptors (Lipinski definition) is 3. The van der Waals surface area contributed by atoms with E-state index >= 15 is 0 Å². The minimum absolute atomic E-state index is 0.362. The fourth-order valence-electron chi connectivity index (χ4n) is 1.95. The van der Waals surface area contributed by atoms with Crippen LogP contribution in [0.1, 0.15) is 40.2 Å². The van der Waals surface area contributed by atoms with Gasteiger partial charge in [-0.2, -0.15) is 0 Å². The lowest BCUT2D eigenvalue weighted by molar-refractivity contribution is 0.173. The van der Waals surface area contributed by atoms with Gasteiger partial charge >= 0.3 is 6.09 Å². The van der Waals surface area contributed by atoms with Crippen LogP contribution in [-0.2, 0) is 4.74 Å². The first-order chi connectivity index (χ1) is 12.0. The summed E-state index contributed by atoms with van der Waals surface area (Å²) in [4.78, 5) is 11.1. The van der Waals surface area contributed by atoms with Crippen molar-refractivity contribution >= 4 is 29.0 Å². The van der Waals surface area contributed by atoms with Crippen LogP contribution in [0.15, 0.2) is 48.6 Å². The number of nitrogens with one attached hydrogen (secondary N) is 2. The van der Waals surface area contributed by atoms with Gasteiger partial charge < -0.3 is 4.74 Å². The van der Waals surface area contributed by atoms with Crippen LogP contribution >= 0.6 is 11.6 Å². The molecule has 0 aliphatic carbocycles. The predicted octanol–water partition coefficient (Wildman–Crippen LogP) is 6.22. The van der Waals surface area contributed by atoms with Crippen LogP contribution < -0.4 is 10.9 Å². The number of anilines is 1. The zero-order valence-electron chi connectivity index (χ0n) is 15.9. The van der Waals surface area contributed by atoms with Gasteiger partial charge in [0.1, 0.15) is 0 Å². The molecule has 0 aliphatic rings. The Balaban J connectivity index is 0.00000277. The van der Waals surface area contributed by atoms with Crippen LogP contribution in [0, 0.1) is 5.92 Å². The Hall–Kier alpha value is -2.20. The first-order valence-electron chi connectivity index (χ1n) is 8.39. The summed E-state index contributed by atoms with van der Waals surface area (Å²) in [6.07, 6.45) is 9.80. The number of carbonyl (C=O) groups is 1. The van der Waals surface area contributed by atoms with Gasteiger partial charge in [-0.1, -0.05) is 68.8 Å². The Labute approximate surface area is 156 Å². The molecular weight excluding hydrogens is 336 g/mol. The summed E-state index contributed by atoms with van der Waals surface area (Å²) in [7, 11) is 1.30. The molecule has 0 bridgehead atoms. The van der Waals surface area contributed by atoms with Gasteiger partial charge in [0.05, 0.1) is 17.8 Å². The van der Waals surface area contributed by atoms with E-state index in [-0.39, 0.29) is 0 Å². The molecule has 0 saturated heterocycles. The van der Waals surface area contributed by atoms with Gasteiger partial charge in [-0.25, -0.2) is 10.2 Å². The molecule has 5 heteroatoms. The molecule has 1 unspecified atom stereocenters. The lowest BCUT2D eigenvalue weighted by Gasteiger charge is -2.11. The third kappa shape index (κ3) is 8.45. The Bertz CT molecular complexity index is 622. The van der Waals surface area contributed by atoms with Crippen LogP contribution in [0.3, 0.4) is 0 Å². The van der Waals surface area contributed by atoms with E-state index in [4.69, 9.17) is 11.6 Å². The zero-order valence-corrected chi connectivity index (χ0v) is 16.6. The maximum Gasteiger partial charge on any atom is 0.425 e. The van der Waals surface area contributed by atoms with Crippen molar-refractivity contribution in [1.82, 2.24) is 5.43 Å². The van der Waals surface area contributed by atoms with Gasteiger partial charge in [-0.3, -0.25) is 5.43 Å². The SMILES string of the molecule is C/C=C\C(C)/C=C\C(=C/C)c1ccc(Cl)c(NNC(=O)OC)c1.CC. The van der Waals surface area contributed by atoms with E-state index in [0.29, 0.717) is 16.6 Å². The van der Waals surface area contributed by atoms with E-state index < -0.39 is 6.09 Å². The van der Waals surface area contributed by atoms with Crippen LogP contribution in [0.5, 0.6) is 0 Å². The average molecular weight is 365 g/mol. The van der Waals surface area contributed by atoms with Crippen molar-refractivity contribution in [2.24, 2.45) is 5.92 Å². The van der Waals surface area contributed by atoms with E-state index in [0.717, 1.165) is 11.1 Å². The van der Waals surface area contributed by atoms with Crippen molar-refractivity contribution in [3.05, 3.63) is 59.2 Å². The van der Waals surface area contributed by atoms with Crippen LogP contribution in [-0.4, -0.2) is 13.2 Å². The lowest BCUT2D eigenvalue weighted by atomic mass is 10.0. The summed E-state index contributed by atoms with van der Waals surface area (Å²) < 4.78 is 4.51. The Morgan fingerprint density at radius 2 is 1.92 bits per heavy atom. The van der Waals surface area contributed by atoms with Crippen LogP contribution in [0.2, 0.25) is 5.02 Å². The summed E-state index contributed by atoms with van der Waals surface area (Å²) in [6.45, 7) is 10.1. The van der Waals surface area contributed by atoms with Crippen molar-refractivity contribution in [3.63, 3.8) is 0 Å². The number of ether oxygens (including phenoxy) is 1. The molecular formula is C20H29ClN2O2. The molecule has 1 atom stereocenters. The molecule has 0 heterocycles. The predicted molar refractivity (Wildman–Crippen MR) is 109 cm³/mol. The minimum atomic E-state index is -0.585. The van der Waals surface area contributed by atoms with Crippen molar-refractivity contribution in [3.8, 4) is 0 Å². The van der Waals surface area contributed by atoms with E-state index in [9.17, 15) is 4.79 Å². The monoisotopic (exact) mass is 364 g/mol. The largest absolute Gasteiger partial charge is 0.452 e. The van der Waals surface area contributed by atoms with Crippen LogP contribution in [0.25, 0.3) is 5.57 Å². The molecule has 4 nitrogen and oxygen atoms in total. The quantitative estimate of drug-likeness (QED) is 0.358. The molecule has 1 rings (SSSR count). The molecule has 0 spiro atoms. The van der Waals surface area contributed by atoms with Gasteiger partial charge in [0.25, 0.3) is 0 Å². The second kappa shape index (κ2) is 13.1. The third-order valence-corrected chi connectivity index (χ3v) is 3.50. The van der Waals surface area contributed by atoms with Gasteiger partial charge in [0.15, 0.2) is 0 Å². The van der Waals surface area contributed by atoms with Crippen molar-refractivity contribution in [2.75, 3.05) is 12.5 Å². The lowest BCUT2D eigenvalue weighted by Crippen LogP contribution is -2.29. The molecule has 1 amide bonds. The second-order valence-corrected chi connectivity index (χ2v) is 5.33. The maximum atomic E-state index is 11.1. The standard InChI is InChI=1S/C18H23ClN2O2.C2H6/c1-5-7-13(3)8-9-14(6-2)15-10-11-16(19)17(12-15)20-21-18(22)23-4;1-2/h5-13,20H,1-4H3,(H,21,22);1-2H3/b7-5-,9-8-,14-6+;. The molecule has 0 fully saturated rings. The highest BCUT2D eigenvalue weighted by Gasteiger charge is 2.06. The number of hydrazine groups is 1. The molecule has 0 aromatic heterocycles. The molecule has 138 valence electrons. The fourth-order valence-corrected chi connectivity index (χ4v) is 2.12. The van der Waals surface area contributed by atoms with E-state index in [1.807, 2.05) is 52.0 Å². The number of amides is 1. The summed E-state index contributed by atoms with van der Waals surface area (Å²) >= 11 is 6.14. The van der Waals surface area contributed by atoms with Gasteiger partial charge in [0.2, 0.25) is 0 Å². The summed E-state index contributed by atoms with van der Waals surface area (Å²) in [5.74, 6) is 0.362. The second-order valence-electron chi connectivity index (χ2n) is 4.92. The third-order valence-electron chi connectivity index (χ3n) is 3.17. The van der Waals surface area contributed by atoms with Crippen molar-refractivity contribution in [2.45, 2.75) is 34.6 Å². The number of hydrogen-bond donors (Lipinski definition) is 2. The Kier molecular flexibility index (Phi) is 12.0. The minimum Gasteiger partial charge on any atom is -0.452 e. The topological polar surface area (TPSA) is 50.4 Å². The normalized spacial score (nSPS) is 12.5. The van der Waals surface area contributed by atoms with Crippen LogP contribution in [0.4, 0.5) is 10.5 Å². The highest BCUT2D eigenvalue weighted by atomic mass is 35.5. The fraction of sp³-hybridized carbons (Fsp3) is 0.350. The van der Waals surface area contributed by atoms with Crippen molar-refractivity contribution < 1.29 is 9.53 Å². The number of methoxy groups -OCH3 is 1. The Morgan fingerprint density at radius 3 is 2.48 bits per heavy atom. The van der Waals surface area contributed by atoms with Crippen molar-refractivity contribution in [1.29, 1.82) is 0 Å². The first kappa shape index (κ1) is 22.8.